The fourth-order valence-electron chi connectivity index (χ4n) is 3.90. The average molecular weight is 558 g/mol. The molecule has 5 aromatic rings. The van der Waals surface area contributed by atoms with Crippen LogP contribution in [0.25, 0.3) is 27.1 Å². The summed E-state index contributed by atoms with van der Waals surface area (Å²) in [6.07, 6.45) is 4.34. The second kappa shape index (κ2) is 9.78. The Bertz CT molecular complexity index is 1830. The molecule has 0 bridgehead atoms. The maximum absolute atomic E-state index is 12.6. The number of furan rings is 1. The molecule has 39 heavy (non-hydrogen) atoms. The van der Waals surface area contributed by atoms with Crippen molar-refractivity contribution in [2.24, 2.45) is 5.10 Å². The maximum atomic E-state index is 12.6. The van der Waals surface area contributed by atoms with Gasteiger partial charge in [-0.1, -0.05) is 12.1 Å². The molecule has 0 aliphatic carbocycles. The first-order valence-electron chi connectivity index (χ1n) is 11.6. The maximum Gasteiger partial charge on any atom is 0.264 e. The molecule has 0 saturated carbocycles. The number of nitrogens with zero attached hydrogens (tertiary/aromatic N) is 5. The van der Waals surface area contributed by atoms with Gasteiger partial charge >= 0.3 is 0 Å². The summed E-state index contributed by atoms with van der Waals surface area (Å²) in [5.41, 5.74) is 1.83. The van der Waals surface area contributed by atoms with E-state index >= 15 is 0 Å². The molecule has 3 N–H and O–H groups in total. The number of aromatic nitrogens is 3. The Morgan fingerprint density at radius 1 is 1.05 bits per heavy atom. The third-order valence-electron chi connectivity index (χ3n) is 5.78. The Labute approximate surface area is 226 Å². The SMILES string of the molecule is N=C1C(c2nc3ccccc3s2)=C(O)CN1/N=C/c1ccc(-c2ccc(S(=O)(=O)Nc3ncccn3)cc2)o1. The average Bonchev–Trinajstić information content (AvgIpc) is 3.65. The van der Waals surface area contributed by atoms with Gasteiger partial charge in [0.15, 0.2) is 5.84 Å². The van der Waals surface area contributed by atoms with Gasteiger partial charge in [-0.15, -0.1) is 11.3 Å². The minimum atomic E-state index is -3.85. The number of sulfonamides is 1. The monoisotopic (exact) mass is 557 g/mol. The van der Waals surface area contributed by atoms with Crippen molar-refractivity contribution in [1.29, 1.82) is 5.41 Å². The van der Waals surface area contributed by atoms with E-state index in [4.69, 9.17) is 9.83 Å². The van der Waals surface area contributed by atoms with Gasteiger partial charge in [-0.2, -0.15) is 5.10 Å². The molecule has 0 radical (unpaired) electrons. The molecule has 2 aromatic carbocycles. The number of hydrogen-bond acceptors (Lipinski definition) is 10. The fraction of sp³-hybridized carbons (Fsp3) is 0.0385. The highest BCUT2D eigenvalue weighted by Gasteiger charge is 2.30. The molecular weight excluding hydrogens is 538 g/mol. The molecule has 1 aliphatic rings. The van der Waals surface area contributed by atoms with Gasteiger partial charge in [0, 0.05) is 18.0 Å². The molecule has 0 atom stereocenters. The lowest BCUT2D eigenvalue weighted by Crippen LogP contribution is -2.20. The van der Waals surface area contributed by atoms with Gasteiger partial charge in [0.25, 0.3) is 10.0 Å². The van der Waals surface area contributed by atoms with Crippen LogP contribution in [0.2, 0.25) is 0 Å². The quantitative estimate of drug-likeness (QED) is 0.242. The van der Waals surface area contributed by atoms with Crippen molar-refractivity contribution in [2.45, 2.75) is 4.90 Å². The van der Waals surface area contributed by atoms with Crippen molar-refractivity contribution >= 4 is 55.1 Å². The van der Waals surface area contributed by atoms with E-state index in [0.717, 1.165) is 10.2 Å². The van der Waals surface area contributed by atoms with Gasteiger partial charge in [0.05, 0.1) is 26.9 Å². The minimum Gasteiger partial charge on any atom is -0.509 e. The summed E-state index contributed by atoms with van der Waals surface area (Å²) < 4.78 is 34.3. The minimum absolute atomic E-state index is 0.0154. The number of aliphatic hydroxyl groups is 1. The van der Waals surface area contributed by atoms with E-state index in [1.54, 1.807) is 30.3 Å². The van der Waals surface area contributed by atoms with Gasteiger partial charge in [-0.3, -0.25) is 5.41 Å². The molecule has 0 saturated heterocycles. The number of anilines is 1. The number of aliphatic hydroxyl groups excluding tert-OH is 1. The van der Waals surface area contributed by atoms with Crippen LogP contribution in [0, 0.1) is 5.41 Å². The van der Waals surface area contributed by atoms with Crippen LogP contribution < -0.4 is 4.72 Å². The Hall–Kier alpha value is -4.88. The van der Waals surface area contributed by atoms with Crippen molar-refractivity contribution in [3.05, 3.63) is 95.7 Å². The Morgan fingerprint density at radius 3 is 2.59 bits per heavy atom. The van der Waals surface area contributed by atoms with Gasteiger partial charge in [-0.05, 0) is 54.6 Å². The molecule has 194 valence electrons. The summed E-state index contributed by atoms with van der Waals surface area (Å²) in [7, 11) is -3.85. The van der Waals surface area contributed by atoms with E-state index in [9.17, 15) is 13.5 Å². The molecule has 0 fully saturated rings. The number of rotatable bonds is 7. The predicted molar refractivity (Wildman–Crippen MR) is 148 cm³/mol. The van der Waals surface area contributed by atoms with Gasteiger partial charge in [0.2, 0.25) is 5.95 Å². The number of thiazole rings is 1. The molecule has 0 spiro atoms. The standard InChI is InChI=1S/C26H19N7O4S2/c27-24-23(25-31-19-4-1-2-5-22(19)38-25)20(34)15-33(24)30-14-17-8-11-21(37-17)16-6-9-18(10-7-16)39(35,36)32-26-28-12-3-13-29-26/h1-14,27,34H,15H2,(H,28,29,32)/b27-24?,30-14+. The van der Waals surface area contributed by atoms with Crippen LogP contribution in [0.5, 0.6) is 0 Å². The summed E-state index contributed by atoms with van der Waals surface area (Å²) in [6, 6.07) is 18.8. The molecule has 4 heterocycles. The number of para-hydroxylation sites is 1. The second-order valence-electron chi connectivity index (χ2n) is 8.36. The summed E-state index contributed by atoms with van der Waals surface area (Å²) >= 11 is 1.41. The molecule has 11 nitrogen and oxygen atoms in total. The lowest BCUT2D eigenvalue weighted by molar-refractivity contribution is 0.357. The van der Waals surface area contributed by atoms with Crippen molar-refractivity contribution in [3.8, 4) is 11.3 Å². The number of amidine groups is 1. The molecule has 1 aliphatic heterocycles. The first-order chi connectivity index (χ1) is 18.9. The van der Waals surface area contributed by atoms with E-state index in [1.807, 2.05) is 24.3 Å². The van der Waals surface area contributed by atoms with Gasteiger partial charge in [0.1, 0.15) is 28.8 Å². The first-order valence-corrected chi connectivity index (χ1v) is 13.9. The topological polar surface area (TPSA) is 158 Å². The molecule has 13 heteroatoms. The van der Waals surface area contributed by atoms with Crippen LogP contribution in [0.15, 0.2) is 99.3 Å². The Balaban J connectivity index is 1.14. The molecule has 0 unspecified atom stereocenters. The number of nitrogens with one attached hydrogen (secondary N) is 2. The van der Waals surface area contributed by atoms with E-state index in [2.05, 4.69) is 24.8 Å². The van der Waals surface area contributed by atoms with Crippen molar-refractivity contribution in [3.63, 3.8) is 0 Å². The number of fused-ring (bicyclic) bond motifs is 1. The van der Waals surface area contributed by atoms with Crippen molar-refractivity contribution in [2.75, 3.05) is 11.3 Å². The van der Waals surface area contributed by atoms with Crippen molar-refractivity contribution < 1.29 is 17.9 Å². The second-order valence-corrected chi connectivity index (χ2v) is 11.1. The fourth-order valence-corrected chi connectivity index (χ4v) is 5.89. The van der Waals surface area contributed by atoms with Crippen LogP contribution in [-0.4, -0.2) is 52.1 Å². The number of hydrazone groups is 1. The third kappa shape index (κ3) is 4.87. The highest BCUT2D eigenvalue weighted by molar-refractivity contribution is 7.92. The van der Waals surface area contributed by atoms with E-state index in [0.29, 0.717) is 27.7 Å². The number of benzene rings is 2. The predicted octanol–water partition coefficient (Wildman–Crippen LogP) is 4.74. The smallest absolute Gasteiger partial charge is 0.264 e. The van der Waals surface area contributed by atoms with Crippen LogP contribution in [0.3, 0.4) is 0 Å². The van der Waals surface area contributed by atoms with Gasteiger partial charge in [-0.25, -0.2) is 33.1 Å². The van der Waals surface area contributed by atoms with Gasteiger partial charge < -0.3 is 9.52 Å². The zero-order valence-corrected chi connectivity index (χ0v) is 21.6. The summed E-state index contributed by atoms with van der Waals surface area (Å²) in [4.78, 5) is 12.3. The van der Waals surface area contributed by atoms with Crippen LogP contribution in [0.1, 0.15) is 10.8 Å². The molecular formula is C26H19N7O4S2. The highest BCUT2D eigenvalue weighted by Crippen LogP contribution is 2.33. The summed E-state index contributed by atoms with van der Waals surface area (Å²) in [5, 5.41) is 25.3. The van der Waals surface area contributed by atoms with E-state index in [1.165, 1.54) is 47.1 Å². The van der Waals surface area contributed by atoms with Crippen molar-refractivity contribution in [1.82, 2.24) is 20.0 Å². The summed E-state index contributed by atoms with van der Waals surface area (Å²) in [5.74, 6) is 0.983. The van der Waals surface area contributed by atoms with Crippen LogP contribution in [0.4, 0.5) is 5.95 Å². The molecule has 0 amide bonds. The lowest BCUT2D eigenvalue weighted by Gasteiger charge is -2.10. The molecule has 6 rings (SSSR count). The molecule has 3 aromatic heterocycles. The largest absolute Gasteiger partial charge is 0.509 e. The summed E-state index contributed by atoms with van der Waals surface area (Å²) in [6.45, 7) is 0.0478. The lowest BCUT2D eigenvalue weighted by atomic mass is 10.2. The number of hydrogen-bond donors (Lipinski definition) is 3. The third-order valence-corrected chi connectivity index (χ3v) is 8.18. The van der Waals surface area contributed by atoms with E-state index < -0.39 is 10.0 Å². The zero-order valence-electron chi connectivity index (χ0n) is 20.0. The highest BCUT2D eigenvalue weighted by atomic mass is 32.2. The Kier molecular flexibility index (Phi) is 6.13. The Morgan fingerprint density at radius 2 is 1.82 bits per heavy atom. The first kappa shape index (κ1) is 24.5. The van der Waals surface area contributed by atoms with Crippen LogP contribution in [-0.2, 0) is 10.0 Å². The van der Waals surface area contributed by atoms with E-state index in [-0.39, 0.29) is 29.0 Å². The van der Waals surface area contributed by atoms with Crippen LogP contribution >= 0.6 is 11.3 Å². The zero-order chi connectivity index (χ0) is 27.0. The normalized spacial score (nSPS) is 14.2.